The lowest BCUT2D eigenvalue weighted by Crippen LogP contribution is -2.49. The molecule has 1 aromatic carbocycles. The average Bonchev–Trinajstić information content (AvgIpc) is 2.61. The maximum absolute atomic E-state index is 12.9. The molecule has 0 aliphatic carbocycles. The predicted octanol–water partition coefficient (Wildman–Crippen LogP) is 3.01. The molecule has 1 aliphatic rings. The van der Waals surface area contributed by atoms with Crippen LogP contribution >= 0.6 is 0 Å². The quantitative estimate of drug-likeness (QED) is 0.884. The normalized spacial score (nSPS) is 15.8. The Labute approximate surface area is 160 Å². The van der Waals surface area contributed by atoms with Gasteiger partial charge in [-0.2, -0.15) is 0 Å². The topological polar surface area (TPSA) is 75.2 Å². The van der Waals surface area contributed by atoms with Gasteiger partial charge in [0, 0.05) is 30.1 Å². The number of fused-ring (bicyclic) bond motifs is 1. The van der Waals surface area contributed by atoms with E-state index in [1.165, 1.54) is 0 Å². The third kappa shape index (κ3) is 4.26. The highest BCUT2D eigenvalue weighted by Gasteiger charge is 2.28. The van der Waals surface area contributed by atoms with Crippen molar-refractivity contribution in [1.82, 2.24) is 20.2 Å². The molecule has 0 bridgehead atoms. The second kappa shape index (κ2) is 7.25. The van der Waals surface area contributed by atoms with Crippen LogP contribution in [0.2, 0.25) is 0 Å². The zero-order valence-corrected chi connectivity index (χ0v) is 16.8. The van der Waals surface area contributed by atoms with E-state index in [0.29, 0.717) is 18.7 Å². The van der Waals surface area contributed by atoms with Crippen molar-refractivity contribution in [2.45, 2.75) is 53.5 Å². The minimum atomic E-state index is -0.393. The predicted molar refractivity (Wildman–Crippen MR) is 106 cm³/mol. The van der Waals surface area contributed by atoms with Gasteiger partial charge in [0.1, 0.15) is 0 Å². The van der Waals surface area contributed by atoms with Crippen LogP contribution in [0.4, 0.5) is 0 Å². The Morgan fingerprint density at radius 1 is 1.04 bits per heavy atom. The molecule has 1 N–H and O–H groups in total. The molecule has 6 nitrogen and oxygen atoms in total. The van der Waals surface area contributed by atoms with Gasteiger partial charge in [-0.15, -0.1) is 0 Å². The zero-order valence-electron chi connectivity index (χ0n) is 16.8. The van der Waals surface area contributed by atoms with Crippen molar-refractivity contribution < 1.29 is 9.59 Å². The molecule has 0 unspecified atom stereocenters. The molecule has 1 aliphatic heterocycles. The van der Waals surface area contributed by atoms with Gasteiger partial charge in [0.2, 0.25) is 5.91 Å². The minimum Gasteiger partial charge on any atom is -0.353 e. The van der Waals surface area contributed by atoms with Crippen LogP contribution < -0.4 is 5.32 Å². The number of nitrogens with zero attached hydrogens (tertiary/aromatic N) is 3. The summed E-state index contributed by atoms with van der Waals surface area (Å²) >= 11 is 0. The fourth-order valence-corrected chi connectivity index (χ4v) is 3.18. The van der Waals surface area contributed by atoms with Gasteiger partial charge in [-0.3, -0.25) is 9.59 Å². The van der Waals surface area contributed by atoms with E-state index in [-0.39, 0.29) is 17.9 Å². The number of aryl methyl sites for hydroxylation is 2. The number of hydrogen-bond donors (Lipinski definition) is 1. The Bertz CT molecular complexity index is 878. The third-order valence-corrected chi connectivity index (χ3v) is 5.12. The molecule has 0 atom stereocenters. The fourth-order valence-electron chi connectivity index (χ4n) is 3.18. The van der Waals surface area contributed by atoms with Gasteiger partial charge in [0.15, 0.2) is 0 Å². The number of likely N-dealkylation sites (tertiary alicyclic amines) is 1. The molecule has 27 heavy (non-hydrogen) atoms. The van der Waals surface area contributed by atoms with Crippen molar-refractivity contribution in [2.75, 3.05) is 13.1 Å². The lowest BCUT2D eigenvalue weighted by molar-refractivity contribution is -0.129. The second-order valence-corrected chi connectivity index (χ2v) is 8.39. The Balaban J connectivity index is 1.66. The van der Waals surface area contributed by atoms with Crippen LogP contribution in [0.25, 0.3) is 11.0 Å². The number of amides is 2. The monoisotopic (exact) mass is 368 g/mol. The molecule has 0 radical (unpaired) electrons. The Morgan fingerprint density at radius 2 is 1.63 bits per heavy atom. The highest BCUT2D eigenvalue weighted by Crippen LogP contribution is 2.20. The molecule has 0 spiro atoms. The van der Waals surface area contributed by atoms with Crippen molar-refractivity contribution in [2.24, 2.45) is 5.41 Å². The van der Waals surface area contributed by atoms with Crippen molar-refractivity contribution in [1.29, 1.82) is 0 Å². The first kappa shape index (κ1) is 19.3. The van der Waals surface area contributed by atoms with Crippen LogP contribution in [-0.2, 0) is 4.79 Å². The molecule has 3 rings (SSSR count). The van der Waals surface area contributed by atoms with Gasteiger partial charge in [0.05, 0.1) is 22.4 Å². The number of carbonyl (C=O) groups is 2. The summed E-state index contributed by atoms with van der Waals surface area (Å²) in [4.78, 5) is 35.9. The molecule has 2 aromatic rings. The van der Waals surface area contributed by atoms with Gasteiger partial charge in [-0.05, 0) is 44.9 Å². The molecule has 2 amide bonds. The summed E-state index contributed by atoms with van der Waals surface area (Å²) in [5, 5.41) is 3.10. The van der Waals surface area contributed by atoms with Crippen molar-refractivity contribution in [3.8, 4) is 0 Å². The number of benzene rings is 1. The number of aromatic nitrogens is 2. The first-order valence-electron chi connectivity index (χ1n) is 9.50. The third-order valence-electron chi connectivity index (χ3n) is 5.12. The van der Waals surface area contributed by atoms with Gasteiger partial charge < -0.3 is 10.2 Å². The van der Waals surface area contributed by atoms with E-state index >= 15 is 0 Å². The van der Waals surface area contributed by atoms with Crippen LogP contribution in [-0.4, -0.2) is 45.8 Å². The standard InChI is InChI=1S/C21H28N4O2/c1-13-14(2)23-18-12-15(6-7-17(18)22-13)19(26)25-10-8-16(9-11-25)24-20(27)21(3,4)5/h6-7,12,16H,8-11H2,1-5H3,(H,24,27). The minimum absolute atomic E-state index is 0.0116. The molecule has 1 fully saturated rings. The number of hydrogen-bond acceptors (Lipinski definition) is 4. The molecular weight excluding hydrogens is 340 g/mol. The van der Waals surface area contributed by atoms with Crippen molar-refractivity contribution in [3.63, 3.8) is 0 Å². The SMILES string of the molecule is Cc1nc2ccc(C(=O)N3CCC(NC(=O)C(C)(C)C)CC3)cc2nc1C. The molecule has 0 saturated carbocycles. The Kier molecular flexibility index (Phi) is 5.18. The van der Waals surface area contributed by atoms with Crippen LogP contribution in [0.15, 0.2) is 18.2 Å². The highest BCUT2D eigenvalue weighted by molar-refractivity contribution is 5.97. The number of carbonyl (C=O) groups excluding carboxylic acids is 2. The fraction of sp³-hybridized carbons (Fsp3) is 0.524. The summed E-state index contributed by atoms with van der Waals surface area (Å²) in [5.74, 6) is 0.0727. The number of nitrogens with one attached hydrogen (secondary N) is 1. The summed E-state index contributed by atoms with van der Waals surface area (Å²) in [6.07, 6.45) is 1.55. The first-order valence-corrected chi connectivity index (χ1v) is 9.50. The smallest absolute Gasteiger partial charge is 0.253 e. The van der Waals surface area contributed by atoms with Crippen LogP contribution in [0.1, 0.15) is 55.4 Å². The summed E-state index contributed by atoms with van der Waals surface area (Å²) in [5.41, 5.74) is 3.57. The van der Waals surface area contributed by atoms with Crippen LogP contribution in [0.5, 0.6) is 0 Å². The van der Waals surface area contributed by atoms with Gasteiger partial charge in [0.25, 0.3) is 5.91 Å². The number of rotatable bonds is 2. The summed E-state index contributed by atoms with van der Waals surface area (Å²) in [6, 6.07) is 5.64. The van der Waals surface area contributed by atoms with E-state index in [0.717, 1.165) is 35.3 Å². The van der Waals surface area contributed by atoms with Gasteiger partial charge in [-0.25, -0.2) is 9.97 Å². The molecule has 144 valence electrons. The molecule has 2 heterocycles. The van der Waals surface area contributed by atoms with E-state index in [4.69, 9.17) is 0 Å². The van der Waals surface area contributed by atoms with Crippen molar-refractivity contribution >= 4 is 22.8 Å². The lowest BCUT2D eigenvalue weighted by Gasteiger charge is -2.33. The van der Waals surface area contributed by atoms with Crippen LogP contribution in [0.3, 0.4) is 0 Å². The van der Waals surface area contributed by atoms with E-state index in [2.05, 4.69) is 15.3 Å². The van der Waals surface area contributed by atoms with Crippen molar-refractivity contribution in [3.05, 3.63) is 35.2 Å². The maximum atomic E-state index is 12.9. The lowest BCUT2D eigenvalue weighted by atomic mass is 9.94. The van der Waals surface area contributed by atoms with E-state index < -0.39 is 5.41 Å². The summed E-state index contributed by atoms with van der Waals surface area (Å²) in [6.45, 7) is 10.9. The Hall–Kier alpha value is -2.50. The van der Waals surface area contributed by atoms with Gasteiger partial charge >= 0.3 is 0 Å². The molecular formula is C21H28N4O2. The van der Waals surface area contributed by atoms with Crippen LogP contribution in [0, 0.1) is 19.3 Å². The molecule has 1 aromatic heterocycles. The first-order chi connectivity index (χ1) is 12.6. The Morgan fingerprint density at radius 3 is 2.22 bits per heavy atom. The summed E-state index contributed by atoms with van der Waals surface area (Å²) < 4.78 is 0. The zero-order chi connectivity index (χ0) is 19.8. The largest absolute Gasteiger partial charge is 0.353 e. The highest BCUT2D eigenvalue weighted by atomic mass is 16.2. The molecule has 6 heteroatoms. The number of piperidine rings is 1. The van der Waals surface area contributed by atoms with Gasteiger partial charge in [-0.1, -0.05) is 20.8 Å². The van der Waals surface area contributed by atoms with E-state index in [1.54, 1.807) is 0 Å². The van der Waals surface area contributed by atoms with E-state index in [1.807, 2.05) is 57.7 Å². The summed E-state index contributed by atoms with van der Waals surface area (Å²) in [7, 11) is 0. The average molecular weight is 368 g/mol. The maximum Gasteiger partial charge on any atom is 0.253 e. The van der Waals surface area contributed by atoms with E-state index in [9.17, 15) is 9.59 Å². The second-order valence-electron chi connectivity index (χ2n) is 8.39. The molecule has 1 saturated heterocycles.